The third-order valence-corrected chi connectivity index (χ3v) is 5.58. The van der Waals surface area contributed by atoms with E-state index in [-0.39, 0.29) is 11.3 Å². The van der Waals surface area contributed by atoms with Gasteiger partial charge in [0, 0.05) is 24.4 Å². The van der Waals surface area contributed by atoms with E-state index in [2.05, 4.69) is 20.0 Å². The first kappa shape index (κ1) is 21.5. The number of H-pyrrole nitrogens is 1. The van der Waals surface area contributed by atoms with Gasteiger partial charge in [-0.15, -0.1) is 0 Å². The number of aromatic nitrogens is 2. The molecule has 2 aromatic rings. The minimum absolute atomic E-state index is 0.0245. The maximum absolute atomic E-state index is 12.5. The Bertz CT molecular complexity index is 912. The van der Waals surface area contributed by atoms with E-state index in [1.54, 1.807) is 19.1 Å². The fourth-order valence-corrected chi connectivity index (χ4v) is 3.84. The molecule has 0 aliphatic carbocycles. The number of carbonyl (C=O) groups is 2. The van der Waals surface area contributed by atoms with Crippen LogP contribution >= 0.6 is 0 Å². The van der Waals surface area contributed by atoms with Gasteiger partial charge >= 0.3 is 11.9 Å². The fourth-order valence-electron chi connectivity index (χ4n) is 2.57. The van der Waals surface area contributed by atoms with Crippen molar-refractivity contribution in [2.45, 2.75) is 43.3 Å². The number of nitrogens with one attached hydrogen (secondary N) is 3. The van der Waals surface area contributed by atoms with E-state index in [0.29, 0.717) is 5.69 Å². The Morgan fingerprint density at radius 2 is 1.82 bits per heavy atom. The fraction of sp³-hybridized carbons (Fsp3) is 0.353. The minimum Gasteiger partial charge on any atom is -0.480 e. The summed E-state index contributed by atoms with van der Waals surface area (Å²) in [5, 5.41) is 21.5. The van der Waals surface area contributed by atoms with Crippen molar-refractivity contribution < 1.29 is 28.2 Å². The molecule has 0 aliphatic rings. The highest BCUT2D eigenvalue weighted by atomic mass is 32.2. The lowest BCUT2D eigenvalue weighted by Gasteiger charge is -2.25. The van der Waals surface area contributed by atoms with Crippen LogP contribution in [0.25, 0.3) is 0 Å². The van der Waals surface area contributed by atoms with Gasteiger partial charge in [-0.1, -0.05) is 17.7 Å². The number of carboxylic acid groups (broad SMARTS) is 2. The van der Waals surface area contributed by atoms with Crippen molar-refractivity contribution in [1.29, 1.82) is 0 Å². The summed E-state index contributed by atoms with van der Waals surface area (Å²) >= 11 is 0. The molecule has 0 radical (unpaired) electrons. The molecule has 1 aromatic heterocycles. The van der Waals surface area contributed by atoms with Crippen molar-refractivity contribution in [2.75, 3.05) is 0 Å². The van der Waals surface area contributed by atoms with Crippen LogP contribution in [-0.2, 0) is 26.0 Å². The van der Waals surface area contributed by atoms with Crippen molar-refractivity contribution >= 4 is 22.0 Å². The predicted molar refractivity (Wildman–Crippen MR) is 99.2 cm³/mol. The molecular formula is C17H22N4O6S. The molecule has 10 nitrogen and oxygen atoms in total. The molecule has 0 saturated heterocycles. The summed E-state index contributed by atoms with van der Waals surface area (Å²) in [7, 11) is -4.11. The number of rotatable bonds is 10. The van der Waals surface area contributed by atoms with Gasteiger partial charge in [-0.05, 0) is 26.0 Å². The molecule has 0 amide bonds. The smallest absolute Gasteiger partial charge is 0.323 e. The Kier molecular flexibility index (Phi) is 6.89. The maximum Gasteiger partial charge on any atom is 0.323 e. The van der Waals surface area contributed by atoms with E-state index >= 15 is 0 Å². The first-order valence-corrected chi connectivity index (χ1v) is 9.86. The van der Waals surface area contributed by atoms with Crippen LogP contribution in [0.5, 0.6) is 0 Å². The highest BCUT2D eigenvalue weighted by molar-refractivity contribution is 7.89. The molecule has 1 aromatic carbocycles. The number of hydrogen-bond acceptors (Lipinski definition) is 6. The lowest BCUT2D eigenvalue weighted by molar-refractivity contribution is -0.142. The van der Waals surface area contributed by atoms with E-state index in [1.807, 2.05) is 0 Å². The molecule has 2 rings (SSSR count). The Balaban J connectivity index is 2.16. The van der Waals surface area contributed by atoms with Gasteiger partial charge in [0.05, 0.1) is 11.2 Å². The highest BCUT2D eigenvalue weighted by Gasteiger charge is 2.33. The largest absolute Gasteiger partial charge is 0.480 e. The third kappa shape index (κ3) is 5.62. The number of hydrogen-bond donors (Lipinski definition) is 5. The van der Waals surface area contributed by atoms with E-state index in [1.165, 1.54) is 31.6 Å². The number of nitrogens with zero attached hydrogens (tertiary/aromatic N) is 1. The maximum atomic E-state index is 12.5. The van der Waals surface area contributed by atoms with E-state index < -0.39 is 40.1 Å². The van der Waals surface area contributed by atoms with Crippen LogP contribution in [0.1, 0.15) is 18.2 Å². The molecule has 11 heteroatoms. The van der Waals surface area contributed by atoms with Gasteiger partial charge < -0.3 is 15.2 Å². The summed E-state index contributed by atoms with van der Waals surface area (Å²) in [5.74, 6) is -2.63. The van der Waals surface area contributed by atoms with Gasteiger partial charge in [0.15, 0.2) is 0 Å². The summed E-state index contributed by atoms with van der Waals surface area (Å²) in [4.78, 5) is 29.6. The van der Waals surface area contributed by atoms with Crippen LogP contribution in [0.4, 0.5) is 0 Å². The monoisotopic (exact) mass is 410 g/mol. The van der Waals surface area contributed by atoms with Crippen molar-refractivity contribution in [3.8, 4) is 0 Å². The lowest BCUT2D eigenvalue weighted by Crippen LogP contribution is -2.56. The van der Waals surface area contributed by atoms with Gasteiger partial charge in [0.2, 0.25) is 10.0 Å². The molecule has 28 heavy (non-hydrogen) atoms. The zero-order valence-electron chi connectivity index (χ0n) is 15.3. The Labute approximate surface area is 162 Å². The molecule has 5 N–H and O–H groups in total. The molecule has 0 aliphatic heterocycles. The molecule has 1 heterocycles. The van der Waals surface area contributed by atoms with Crippen LogP contribution in [0.15, 0.2) is 41.7 Å². The Morgan fingerprint density at radius 3 is 2.32 bits per heavy atom. The zero-order chi connectivity index (χ0) is 20.9. The Hall–Kier alpha value is -2.76. The van der Waals surface area contributed by atoms with Crippen molar-refractivity contribution in [3.05, 3.63) is 48.0 Å². The lowest BCUT2D eigenvalue weighted by atomic mass is 10.1. The second-order valence-corrected chi connectivity index (χ2v) is 8.09. The van der Waals surface area contributed by atoms with E-state index in [0.717, 1.165) is 5.56 Å². The molecular weight excluding hydrogens is 388 g/mol. The third-order valence-electron chi connectivity index (χ3n) is 4.12. The summed E-state index contributed by atoms with van der Waals surface area (Å²) in [6.45, 7) is 3.20. The van der Waals surface area contributed by atoms with Crippen LogP contribution in [0.3, 0.4) is 0 Å². The summed E-state index contributed by atoms with van der Waals surface area (Å²) in [6, 6.07) is 2.20. The highest BCUT2D eigenvalue weighted by Crippen LogP contribution is 2.12. The zero-order valence-corrected chi connectivity index (χ0v) is 16.1. The number of aryl methyl sites for hydroxylation is 1. The first-order valence-electron chi connectivity index (χ1n) is 8.38. The van der Waals surface area contributed by atoms with Crippen molar-refractivity contribution in [1.82, 2.24) is 20.0 Å². The van der Waals surface area contributed by atoms with Crippen LogP contribution < -0.4 is 10.0 Å². The minimum atomic E-state index is -4.11. The van der Waals surface area contributed by atoms with Crippen LogP contribution in [0, 0.1) is 6.92 Å². The average Bonchev–Trinajstić information content (AvgIpc) is 3.12. The Morgan fingerprint density at radius 1 is 1.18 bits per heavy atom. The SMILES string of the molecule is Cc1ccc(S(=O)(=O)N[C@H](C(=O)O)[C@@H](C)N[C@H](Cc2cnc[nH]2)C(=O)O)cc1. The summed E-state index contributed by atoms with van der Waals surface area (Å²) in [5.41, 5.74) is 1.39. The summed E-state index contributed by atoms with van der Waals surface area (Å²) in [6.07, 6.45) is 2.88. The van der Waals surface area contributed by atoms with Gasteiger partial charge in [-0.2, -0.15) is 4.72 Å². The topological polar surface area (TPSA) is 161 Å². The first-order chi connectivity index (χ1) is 13.1. The number of benzene rings is 1. The number of aliphatic carboxylic acids is 2. The molecule has 3 atom stereocenters. The van der Waals surface area contributed by atoms with Crippen molar-refractivity contribution in [2.24, 2.45) is 0 Å². The number of sulfonamides is 1. The molecule has 0 unspecified atom stereocenters. The number of aromatic amines is 1. The van der Waals surface area contributed by atoms with Gasteiger partial charge in [0.1, 0.15) is 12.1 Å². The molecule has 152 valence electrons. The second kappa shape index (κ2) is 8.95. The van der Waals surface area contributed by atoms with E-state index in [4.69, 9.17) is 0 Å². The summed E-state index contributed by atoms with van der Waals surface area (Å²) < 4.78 is 27.1. The van der Waals surface area contributed by atoms with Crippen molar-refractivity contribution in [3.63, 3.8) is 0 Å². The predicted octanol–water partition coefficient (Wildman–Crippen LogP) is 0.124. The molecule has 0 bridgehead atoms. The number of carboxylic acids is 2. The number of imidazole rings is 1. The van der Waals surface area contributed by atoms with Crippen LogP contribution in [-0.4, -0.2) is 58.7 Å². The second-order valence-electron chi connectivity index (χ2n) is 6.38. The average molecular weight is 410 g/mol. The normalized spacial score (nSPS) is 14.9. The standard InChI is InChI=1S/C17H22N4O6S/c1-10-3-5-13(6-4-10)28(26,27)21-15(17(24)25)11(2)20-14(16(22)23)7-12-8-18-9-19-12/h3-6,8-9,11,14-15,20-21H,7H2,1-2H3,(H,18,19)(H,22,23)(H,24,25)/t11-,14-,15+/m1/s1. The van der Waals surface area contributed by atoms with Gasteiger partial charge in [0.25, 0.3) is 0 Å². The van der Waals surface area contributed by atoms with Crippen LogP contribution in [0.2, 0.25) is 0 Å². The molecule has 0 saturated carbocycles. The van der Waals surface area contributed by atoms with E-state index in [9.17, 15) is 28.2 Å². The molecule has 0 spiro atoms. The molecule has 0 fully saturated rings. The van der Waals surface area contributed by atoms with Gasteiger partial charge in [-0.25, -0.2) is 13.4 Å². The van der Waals surface area contributed by atoms with Gasteiger partial charge in [-0.3, -0.25) is 14.9 Å². The quantitative estimate of drug-likeness (QED) is 0.369.